The van der Waals surface area contributed by atoms with Crippen LogP contribution >= 0.6 is 11.6 Å². The smallest absolute Gasteiger partial charge is 0.325 e. The molecule has 2 atom stereocenters. The number of urea groups is 1. The number of piperazine rings is 1. The number of carbonyl (C=O) groups excluding carboxylic acids is 2. The number of ether oxygens (including phenoxy) is 2. The molecular weight excluding hydrogens is 516 g/mol. The number of amides is 3. The zero-order valence-electron chi connectivity index (χ0n) is 22.2. The Labute approximate surface area is 233 Å². The maximum atomic E-state index is 13.5. The van der Waals surface area contributed by atoms with E-state index in [0.29, 0.717) is 47.3 Å². The Morgan fingerprint density at radius 2 is 1.85 bits per heavy atom. The molecule has 9 heteroatoms. The molecule has 0 aliphatic carbocycles. The first kappa shape index (κ1) is 25.4. The van der Waals surface area contributed by atoms with Gasteiger partial charge in [0.1, 0.15) is 0 Å². The maximum absolute atomic E-state index is 13.5. The monoisotopic (exact) mass is 546 g/mol. The second-order valence-corrected chi connectivity index (χ2v) is 10.9. The van der Waals surface area contributed by atoms with Crippen LogP contribution in [0, 0.1) is 6.92 Å². The molecule has 0 unspecified atom stereocenters. The van der Waals surface area contributed by atoms with Crippen LogP contribution in [-0.2, 0) is 0 Å². The van der Waals surface area contributed by atoms with Gasteiger partial charge in [0.15, 0.2) is 17.2 Å². The van der Waals surface area contributed by atoms with Crippen molar-refractivity contribution in [3.05, 3.63) is 82.4 Å². The first-order chi connectivity index (χ1) is 18.8. The molecule has 0 aromatic heterocycles. The molecule has 0 saturated carbocycles. The van der Waals surface area contributed by atoms with Gasteiger partial charge in [0.25, 0.3) is 5.91 Å². The number of anilines is 2. The fourth-order valence-corrected chi connectivity index (χ4v) is 6.11. The summed E-state index contributed by atoms with van der Waals surface area (Å²) in [5, 5.41) is 3.82. The lowest BCUT2D eigenvalue weighted by molar-refractivity contribution is 0.0349. The first-order valence-electron chi connectivity index (χ1n) is 13.1. The lowest BCUT2D eigenvalue weighted by Gasteiger charge is -2.50. The van der Waals surface area contributed by atoms with Gasteiger partial charge in [0.05, 0.1) is 18.8 Å². The van der Waals surface area contributed by atoms with Gasteiger partial charge in [-0.25, -0.2) is 4.79 Å². The first-order valence-corrected chi connectivity index (χ1v) is 13.5. The minimum atomic E-state index is -0.948. The average Bonchev–Trinajstić information content (AvgIpc) is 2.93. The van der Waals surface area contributed by atoms with Gasteiger partial charge in [-0.15, -0.1) is 0 Å². The summed E-state index contributed by atoms with van der Waals surface area (Å²) in [5.41, 5.74) is 3.35. The third kappa shape index (κ3) is 4.42. The van der Waals surface area contributed by atoms with Crippen LogP contribution < -0.4 is 24.6 Å². The van der Waals surface area contributed by atoms with Crippen molar-refractivity contribution >= 4 is 34.9 Å². The van der Waals surface area contributed by atoms with Gasteiger partial charge in [-0.2, -0.15) is 0 Å². The number of para-hydroxylation sites is 1. The highest BCUT2D eigenvalue weighted by atomic mass is 35.5. The Morgan fingerprint density at radius 1 is 1.08 bits per heavy atom. The zero-order valence-corrected chi connectivity index (χ0v) is 23.0. The van der Waals surface area contributed by atoms with Gasteiger partial charge < -0.3 is 24.6 Å². The largest absolute Gasteiger partial charge is 0.493 e. The third-order valence-electron chi connectivity index (χ3n) is 7.91. The van der Waals surface area contributed by atoms with E-state index in [0.717, 1.165) is 29.9 Å². The Balaban J connectivity index is 1.22. The van der Waals surface area contributed by atoms with Crippen molar-refractivity contribution in [3.8, 4) is 11.5 Å². The Kier molecular flexibility index (Phi) is 6.30. The Hall–Kier alpha value is -3.91. The van der Waals surface area contributed by atoms with E-state index in [4.69, 9.17) is 21.1 Å². The van der Waals surface area contributed by atoms with Gasteiger partial charge >= 0.3 is 6.03 Å². The molecule has 1 N–H and O–H groups in total. The number of rotatable bonds is 4. The maximum Gasteiger partial charge on any atom is 0.325 e. The fraction of sp³-hybridized carbons (Fsp3) is 0.333. The van der Waals surface area contributed by atoms with E-state index < -0.39 is 5.72 Å². The molecule has 2 fully saturated rings. The summed E-state index contributed by atoms with van der Waals surface area (Å²) >= 11 is 6.23. The number of aryl methyl sites for hydroxylation is 1. The van der Waals surface area contributed by atoms with Crippen LogP contribution in [0.1, 0.15) is 40.9 Å². The van der Waals surface area contributed by atoms with Crippen LogP contribution in [0.15, 0.2) is 60.7 Å². The van der Waals surface area contributed by atoms with Crippen LogP contribution in [0.3, 0.4) is 0 Å². The van der Waals surface area contributed by atoms with Crippen LogP contribution in [0.4, 0.5) is 16.2 Å². The molecule has 2 bridgehead atoms. The van der Waals surface area contributed by atoms with Crippen LogP contribution in [-0.4, -0.2) is 55.9 Å². The molecule has 0 radical (unpaired) electrons. The lowest BCUT2D eigenvalue weighted by atomic mass is 9.89. The number of nitrogens with one attached hydrogen (secondary N) is 1. The van der Waals surface area contributed by atoms with Gasteiger partial charge in [0, 0.05) is 54.4 Å². The molecule has 6 rings (SSSR count). The minimum Gasteiger partial charge on any atom is -0.493 e. The van der Waals surface area contributed by atoms with Crippen molar-refractivity contribution < 1.29 is 19.1 Å². The molecule has 8 nitrogen and oxygen atoms in total. The molecule has 39 heavy (non-hydrogen) atoms. The van der Waals surface area contributed by atoms with E-state index in [2.05, 4.69) is 17.1 Å². The molecule has 202 valence electrons. The van der Waals surface area contributed by atoms with Crippen LogP contribution in [0.25, 0.3) is 0 Å². The van der Waals surface area contributed by atoms with Crippen molar-refractivity contribution in [1.29, 1.82) is 0 Å². The second-order valence-electron chi connectivity index (χ2n) is 10.5. The number of methoxy groups -OCH3 is 1. The van der Waals surface area contributed by atoms with Crippen LogP contribution in [0.5, 0.6) is 11.5 Å². The number of benzene rings is 3. The molecular formula is C30H31ClN4O4. The number of carbonyl (C=O) groups is 2. The number of fused-ring (bicyclic) bond motifs is 4. The summed E-state index contributed by atoms with van der Waals surface area (Å²) < 4.78 is 12.0. The van der Waals surface area contributed by atoms with E-state index in [1.807, 2.05) is 60.4 Å². The summed E-state index contributed by atoms with van der Waals surface area (Å²) in [5.74, 6) is 1.19. The predicted molar refractivity (Wildman–Crippen MR) is 151 cm³/mol. The Morgan fingerprint density at radius 3 is 2.62 bits per heavy atom. The van der Waals surface area contributed by atoms with E-state index in [9.17, 15) is 9.59 Å². The van der Waals surface area contributed by atoms with Crippen molar-refractivity contribution in [2.45, 2.75) is 32.0 Å². The summed E-state index contributed by atoms with van der Waals surface area (Å²) in [6.45, 7) is 6.60. The average molecular weight is 547 g/mol. The predicted octanol–water partition coefficient (Wildman–Crippen LogP) is 5.39. The lowest BCUT2D eigenvalue weighted by Crippen LogP contribution is -2.65. The molecule has 3 heterocycles. The zero-order chi connectivity index (χ0) is 27.3. The molecule has 3 aromatic rings. The molecule has 3 aromatic carbocycles. The van der Waals surface area contributed by atoms with Crippen molar-refractivity contribution in [2.75, 3.05) is 43.1 Å². The van der Waals surface area contributed by atoms with Crippen molar-refractivity contribution in [3.63, 3.8) is 0 Å². The Bertz CT molecular complexity index is 1450. The number of nitrogens with zero attached hydrogens (tertiary/aromatic N) is 3. The van der Waals surface area contributed by atoms with Gasteiger partial charge in [-0.1, -0.05) is 35.9 Å². The number of hydrogen-bond donors (Lipinski definition) is 1. The normalized spacial score (nSPS) is 22.1. The van der Waals surface area contributed by atoms with E-state index in [1.54, 1.807) is 24.1 Å². The fourth-order valence-electron chi connectivity index (χ4n) is 5.95. The quantitative estimate of drug-likeness (QED) is 0.475. The van der Waals surface area contributed by atoms with Crippen molar-refractivity contribution in [1.82, 2.24) is 10.2 Å². The molecule has 3 aliphatic rings. The molecule has 3 amide bonds. The summed E-state index contributed by atoms with van der Waals surface area (Å²) in [7, 11) is 1.60. The molecule has 0 spiro atoms. The van der Waals surface area contributed by atoms with E-state index in [1.165, 1.54) is 0 Å². The topological polar surface area (TPSA) is 74.3 Å². The molecule has 3 aliphatic heterocycles. The number of hydrogen-bond acceptors (Lipinski definition) is 5. The minimum absolute atomic E-state index is 0.0589. The van der Waals surface area contributed by atoms with Gasteiger partial charge in [-0.3, -0.25) is 9.69 Å². The highest BCUT2D eigenvalue weighted by molar-refractivity contribution is 6.30. The standard InChI is InChI=1S/C30H31ClN4O4/c1-19-10-11-21(31)17-25(19)33-12-14-34(15-13-33)28(36)20-6-4-7-22(16-20)35-29(37)32-24-18-30(35,2)39-27-23(24)8-5-9-26(27)38-3/h4-11,16-17,24H,12-15,18H2,1-3H3,(H,32,37)/t24-,30+/m1/s1. The van der Waals surface area contributed by atoms with Gasteiger partial charge in [-0.05, 0) is 55.8 Å². The van der Waals surface area contributed by atoms with Gasteiger partial charge in [0.2, 0.25) is 0 Å². The second kappa shape index (κ2) is 9.68. The highest BCUT2D eigenvalue weighted by Gasteiger charge is 2.50. The summed E-state index contributed by atoms with van der Waals surface area (Å²) in [6.07, 6.45) is 0.558. The van der Waals surface area contributed by atoms with E-state index >= 15 is 0 Å². The van der Waals surface area contributed by atoms with E-state index in [-0.39, 0.29) is 18.0 Å². The SMILES string of the molecule is COc1cccc2c1O[C@@]1(C)C[C@H]2NC(=O)N1c1cccc(C(=O)N2CCN(c3cc(Cl)ccc3C)CC2)c1. The molecule has 2 saturated heterocycles. The third-order valence-corrected chi connectivity index (χ3v) is 8.15. The summed E-state index contributed by atoms with van der Waals surface area (Å²) in [4.78, 5) is 32.7. The van der Waals surface area contributed by atoms with Crippen molar-refractivity contribution in [2.24, 2.45) is 0 Å². The van der Waals surface area contributed by atoms with Crippen LogP contribution in [0.2, 0.25) is 5.02 Å². The highest BCUT2D eigenvalue weighted by Crippen LogP contribution is 2.49. The number of halogens is 1. The summed E-state index contributed by atoms with van der Waals surface area (Å²) in [6, 6.07) is 18.4.